The van der Waals surface area contributed by atoms with Crippen LogP contribution in [0.2, 0.25) is 0 Å². The molecule has 10 aromatic rings. The molecule has 0 aliphatic heterocycles. The minimum absolute atomic E-state index is 0.188. The van der Waals surface area contributed by atoms with E-state index in [1.165, 1.54) is 11.3 Å². The van der Waals surface area contributed by atoms with E-state index in [4.69, 9.17) is 74.3 Å². The highest BCUT2D eigenvalue weighted by atomic mass is 32.1. The molecule has 0 atom stereocenters. The van der Waals surface area contributed by atoms with Gasteiger partial charge >= 0.3 is 0 Å². The zero-order chi connectivity index (χ0) is 39.1. The van der Waals surface area contributed by atoms with E-state index in [-0.39, 0.29) is 27.3 Å². The van der Waals surface area contributed by atoms with Crippen molar-refractivity contribution < 1.29 is 4.42 Å². The van der Waals surface area contributed by atoms with Gasteiger partial charge in [0.05, 0.1) is 5.56 Å². The number of thiophene rings is 1. The first-order valence-electron chi connectivity index (χ1n) is 18.1. The van der Waals surface area contributed by atoms with Crippen LogP contribution in [0.4, 0.5) is 0 Å². The maximum atomic E-state index is 6.81. The lowest BCUT2D eigenvalue weighted by Gasteiger charge is -2.18. The smallest absolute Gasteiger partial charge is 0.167 e. The van der Waals surface area contributed by atoms with E-state index < -0.39 is 0 Å². The second-order valence-corrected chi connectivity index (χ2v) is 14.9. The second kappa shape index (κ2) is 13.6. The molecule has 0 aliphatic carbocycles. The Morgan fingerprint density at radius 2 is 0.947 bits per heavy atom. The molecule has 0 N–H and O–H groups in total. The Kier molecular flexibility index (Phi) is 8.46. The Labute approximate surface area is 342 Å². The van der Waals surface area contributed by atoms with Gasteiger partial charge in [0, 0.05) is 31.3 Å². The SMILES string of the molecule is [B]c1c([B])c([B])c2c(sc3c(-c4cccc(-c5nc(-c6ccc(-c7ccccc7)cc6)nc(-c6cccc7c6oc6ccccc67)n5)c4)c([B])c([B])c([B])c32)c1[B]. The molecule has 0 aliphatic rings. The summed E-state index contributed by atoms with van der Waals surface area (Å²) in [5.74, 6) is 1.40. The fourth-order valence-electron chi connectivity index (χ4n) is 7.62. The van der Waals surface area contributed by atoms with Gasteiger partial charge in [-0.15, -0.1) is 27.7 Å². The molecule has 0 spiro atoms. The Bertz CT molecular complexity index is 3270. The second-order valence-electron chi connectivity index (χ2n) is 13.9. The van der Waals surface area contributed by atoms with Gasteiger partial charge in [-0.05, 0) is 51.2 Å². The maximum Gasteiger partial charge on any atom is 0.167 e. The monoisotopic (exact) mass is 727 g/mol. The van der Waals surface area contributed by atoms with Gasteiger partial charge in [-0.25, -0.2) is 15.0 Å². The summed E-state index contributed by atoms with van der Waals surface area (Å²) >= 11 is 1.38. The summed E-state index contributed by atoms with van der Waals surface area (Å²) in [6.07, 6.45) is 0. The Morgan fingerprint density at radius 3 is 1.72 bits per heavy atom. The molecule has 10 rings (SSSR count). The molecule has 0 saturated carbocycles. The van der Waals surface area contributed by atoms with Crippen LogP contribution in [0.15, 0.2) is 126 Å². The lowest BCUT2D eigenvalue weighted by Crippen LogP contribution is -2.47. The van der Waals surface area contributed by atoms with Crippen LogP contribution in [0.5, 0.6) is 0 Å². The number of rotatable bonds is 5. The predicted molar refractivity (Wildman–Crippen MR) is 245 cm³/mol. The predicted octanol–water partition coefficient (Wildman–Crippen LogP) is 4.03. The number of aromatic nitrogens is 3. The van der Waals surface area contributed by atoms with Crippen molar-refractivity contribution in [1.82, 2.24) is 15.0 Å². The number of para-hydroxylation sites is 2. The summed E-state index contributed by atoms with van der Waals surface area (Å²) in [5.41, 5.74) is 9.16. The van der Waals surface area contributed by atoms with E-state index in [1.54, 1.807) is 0 Å². The van der Waals surface area contributed by atoms with E-state index >= 15 is 0 Å². The van der Waals surface area contributed by atoms with Crippen molar-refractivity contribution in [3.63, 3.8) is 0 Å². The van der Waals surface area contributed by atoms with Crippen molar-refractivity contribution in [3.05, 3.63) is 121 Å². The van der Waals surface area contributed by atoms with Crippen LogP contribution in [0.25, 0.3) is 98.5 Å². The number of benzene rings is 7. The van der Waals surface area contributed by atoms with Crippen LogP contribution in [0, 0.1) is 0 Å². The van der Waals surface area contributed by atoms with Crippen LogP contribution in [0.3, 0.4) is 0 Å². The third-order valence-electron chi connectivity index (χ3n) is 10.6. The van der Waals surface area contributed by atoms with E-state index in [0.717, 1.165) is 48.9 Å². The molecule has 0 fully saturated rings. The van der Waals surface area contributed by atoms with E-state index in [1.807, 2.05) is 97.1 Å². The fraction of sp³-hybridized carbons (Fsp3) is 0. The van der Waals surface area contributed by atoms with Crippen molar-refractivity contribution in [2.45, 2.75) is 0 Å². The zero-order valence-corrected chi connectivity index (χ0v) is 31.1. The first-order chi connectivity index (χ1) is 27.7. The Morgan fingerprint density at radius 1 is 0.404 bits per heavy atom. The van der Waals surface area contributed by atoms with Gasteiger partial charge in [0.15, 0.2) is 17.5 Å². The van der Waals surface area contributed by atoms with Gasteiger partial charge in [0.1, 0.15) is 66.1 Å². The van der Waals surface area contributed by atoms with Crippen molar-refractivity contribution in [3.8, 4) is 56.4 Å². The van der Waals surface area contributed by atoms with Gasteiger partial charge in [-0.3, -0.25) is 0 Å². The molecule has 3 aromatic heterocycles. The standard InChI is InChI=1S/C45H20B7N3OS/c46-33-30(41-31(34(47)36(33)49)32-35(48)37(50)38(51)39(52)42(32)57-41)24-10-6-11-25(20-24)44-53-43(23-18-16-22(17-19-23)21-8-2-1-3-9-21)54-45(55-44)28-14-7-13-27-26-12-4-5-15-29(26)56-40(27)28/h1-20H. The third-order valence-corrected chi connectivity index (χ3v) is 11.8. The summed E-state index contributed by atoms with van der Waals surface area (Å²) in [7, 11) is 45.7. The lowest BCUT2D eigenvalue weighted by atomic mass is 9.64. The first-order valence-corrected chi connectivity index (χ1v) is 18.9. The number of hydrogen-bond donors (Lipinski definition) is 0. The molecule has 12 heteroatoms. The van der Waals surface area contributed by atoms with Gasteiger partial charge in [-0.2, -0.15) is 0 Å². The normalized spacial score (nSPS) is 11.6. The maximum absolute atomic E-state index is 6.81. The third kappa shape index (κ3) is 5.64. The summed E-state index contributed by atoms with van der Waals surface area (Å²) in [6.45, 7) is 0. The van der Waals surface area contributed by atoms with Gasteiger partial charge in [-0.1, -0.05) is 125 Å². The van der Waals surface area contributed by atoms with Crippen LogP contribution in [-0.2, 0) is 0 Å². The minimum Gasteiger partial charge on any atom is -0.455 e. The summed E-state index contributed by atoms with van der Waals surface area (Å²) < 4.78 is 7.82. The van der Waals surface area contributed by atoms with Crippen molar-refractivity contribution in [1.29, 1.82) is 0 Å². The average Bonchev–Trinajstić information content (AvgIpc) is 3.84. The molecule has 57 heavy (non-hydrogen) atoms. The number of fused-ring (bicyclic) bond motifs is 6. The Hall–Kier alpha value is -5.98. The van der Waals surface area contributed by atoms with Crippen LogP contribution in [0.1, 0.15) is 0 Å². The number of hydrogen-bond acceptors (Lipinski definition) is 5. The van der Waals surface area contributed by atoms with E-state index in [2.05, 4.69) is 24.3 Å². The highest BCUT2D eigenvalue weighted by Gasteiger charge is 2.22. The van der Waals surface area contributed by atoms with Crippen LogP contribution >= 0.6 is 11.3 Å². The molecule has 0 bridgehead atoms. The molecule has 14 radical (unpaired) electrons. The number of nitrogens with zero attached hydrogens (tertiary/aromatic N) is 3. The van der Waals surface area contributed by atoms with E-state index in [0.29, 0.717) is 60.6 Å². The van der Waals surface area contributed by atoms with Crippen molar-refractivity contribution in [2.24, 2.45) is 0 Å². The zero-order valence-electron chi connectivity index (χ0n) is 30.2. The fourth-order valence-corrected chi connectivity index (χ4v) is 9.00. The summed E-state index contributed by atoms with van der Waals surface area (Å²) in [4.78, 5) is 15.2. The lowest BCUT2D eigenvalue weighted by molar-refractivity contribution is 0.669. The minimum atomic E-state index is 0.188. The average molecular weight is 726 g/mol. The molecule has 3 heterocycles. The van der Waals surface area contributed by atoms with Crippen LogP contribution in [-0.4, -0.2) is 69.9 Å². The highest BCUT2D eigenvalue weighted by Crippen LogP contribution is 2.39. The van der Waals surface area contributed by atoms with Crippen molar-refractivity contribution >= 4 is 147 Å². The molecule has 7 aromatic carbocycles. The van der Waals surface area contributed by atoms with Gasteiger partial charge in [0.2, 0.25) is 0 Å². The number of furan rings is 1. The molecule has 0 amide bonds. The molecule has 4 nitrogen and oxygen atoms in total. The molecule has 0 saturated heterocycles. The van der Waals surface area contributed by atoms with Gasteiger partial charge < -0.3 is 4.42 Å². The molecule has 248 valence electrons. The molecular formula is C45H20B7N3OS. The van der Waals surface area contributed by atoms with E-state index in [9.17, 15) is 0 Å². The molecule has 0 unspecified atom stereocenters. The highest BCUT2D eigenvalue weighted by molar-refractivity contribution is 7.28. The molecular weight excluding hydrogens is 706 g/mol. The van der Waals surface area contributed by atoms with Crippen LogP contribution < -0.4 is 38.2 Å². The van der Waals surface area contributed by atoms with Crippen molar-refractivity contribution in [2.75, 3.05) is 0 Å². The topological polar surface area (TPSA) is 51.8 Å². The van der Waals surface area contributed by atoms with Gasteiger partial charge in [0.25, 0.3) is 0 Å². The summed E-state index contributed by atoms with van der Waals surface area (Å²) in [5, 5.41) is 3.18. The largest absolute Gasteiger partial charge is 0.455 e. The first kappa shape index (κ1) is 35.4. The summed E-state index contributed by atoms with van der Waals surface area (Å²) in [6, 6.07) is 40.2. The Balaban J connectivity index is 1.19. The quantitative estimate of drug-likeness (QED) is 0.252.